The van der Waals surface area contributed by atoms with Crippen LogP contribution in [0.1, 0.15) is 5.69 Å². The van der Waals surface area contributed by atoms with Crippen molar-refractivity contribution in [2.45, 2.75) is 18.8 Å². The number of nitrogens with zero attached hydrogens (tertiary/aromatic N) is 3. The molecule has 1 aromatic rings. The predicted molar refractivity (Wildman–Crippen MR) is 64.9 cm³/mol. The van der Waals surface area contributed by atoms with Gasteiger partial charge >= 0.3 is 6.18 Å². The topological polar surface area (TPSA) is 53.1 Å². The van der Waals surface area contributed by atoms with Gasteiger partial charge in [0.05, 0.1) is 12.2 Å². The van der Waals surface area contributed by atoms with Gasteiger partial charge in [-0.05, 0) is 7.05 Å². The number of hydrogen-bond donors (Lipinski definition) is 2. The summed E-state index contributed by atoms with van der Waals surface area (Å²) in [6, 6.07) is 2.16. The third kappa shape index (κ3) is 4.03. The van der Waals surface area contributed by atoms with Gasteiger partial charge in [-0.15, -0.1) is 0 Å². The van der Waals surface area contributed by atoms with Gasteiger partial charge in [0.15, 0.2) is 0 Å². The maximum Gasteiger partial charge on any atom is 0.401 e. The van der Waals surface area contributed by atoms with Crippen LogP contribution in [-0.2, 0) is 6.54 Å². The Balaban J connectivity index is 1.86. The zero-order valence-electron chi connectivity index (χ0n) is 10.5. The van der Waals surface area contributed by atoms with E-state index in [1.807, 2.05) is 7.05 Å². The molecule has 2 heterocycles. The molecule has 2 rings (SSSR count). The summed E-state index contributed by atoms with van der Waals surface area (Å²) in [5, 5.41) is 5.46. The zero-order valence-corrected chi connectivity index (χ0v) is 10.5. The average Bonchev–Trinajstić information content (AvgIpc) is 2.26. The first-order chi connectivity index (χ1) is 8.98. The smallest absolute Gasteiger partial charge is 0.353 e. The number of hydrogen-bond acceptors (Lipinski definition) is 5. The molecular weight excluding hydrogens is 259 g/mol. The van der Waals surface area contributed by atoms with Crippen LogP contribution in [0.15, 0.2) is 12.4 Å². The van der Waals surface area contributed by atoms with Crippen molar-refractivity contribution in [1.82, 2.24) is 20.6 Å². The third-order valence-electron chi connectivity index (χ3n) is 2.95. The van der Waals surface area contributed by atoms with Gasteiger partial charge in [-0.25, -0.2) is 9.97 Å². The Morgan fingerprint density at radius 2 is 2.11 bits per heavy atom. The van der Waals surface area contributed by atoms with Crippen LogP contribution in [0, 0.1) is 0 Å². The summed E-state index contributed by atoms with van der Waals surface area (Å²) in [6.07, 6.45) is -2.82. The molecule has 1 aliphatic heterocycles. The zero-order chi connectivity index (χ0) is 13.9. The van der Waals surface area contributed by atoms with Gasteiger partial charge in [0.2, 0.25) is 0 Å². The Bertz CT molecular complexity index is 417. The minimum absolute atomic E-state index is 0.0817. The van der Waals surface area contributed by atoms with Gasteiger partial charge in [0, 0.05) is 31.7 Å². The largest absolute Gasteiger partial charge is 0.401 e. The van der Waals surface area contributed by atoms with E-state index >= 15 is 0 Å². The number of rotatable bonds is 5. The highest BCUT2D eigenvalue weighted by Gasteiger charge is 2.27. The Morgan fingerprint density at radius 3 is 2.74 bits per heavy atom. The SMILES string of the molecule is CNC1CN(c2cc(CNCC(F)(F)F)ncn2)C1. The van der Waals surface area contributed by atoms with Crippen molar-refractivity contribution in [1.29, 1.82) is 0 Å². The second-order valence-corrected chi connectivity index (χ2v) is 4.48. The molecule has 2 N–H and O–H groups in total. The van der Waals surface area contributed by atoms with Gasteiger partial charge in [0.1, 0.15) is 12.1 Å². The van der Waals surface area contributed by atoms with Gasteiger partial charge in [-0.2, -0.15) is 13.2 Å². The number of alkyl halides is 3. The molecule has 0 unspecified atom stereocenters. The first-order valence-electron chi connectivity index (χ1n) is 5.98. The summed E-state index contributed by atoms with van der Waals surface area (Å²) in [5.41, 5.74) is 0.558. The first kappa shape index (κ1) is 14.0. The summed E-state index contributed by atoms with van der Waals surface area (Å²) in [6.45, 7) is 0.766. The highest BCUT2D eigenvalue weighted by Crippen LogP contribution is 2.18. The summed E-state index contributed by atoms with van der Waals surface area (Å²) < 4.78 is 36.0. The quantitative estimate of drug-likeness (QED) is 0.821. The average molecular weight is 275 g/mol. The second-order valence-electron chi connectivity index (χ2n) is 4.48. The molecule has 0 saturated carbocycles. The van der Waals surface area contributed by atoms with E-state index in [1.54, 1.807) is 6.07 Å². The molecule has 0 atom stereocenters. The van der Waals surface area contributed by atoms with E-state index < -0.39 is 12.7 Å². The second kappa shape index (κ2) is 5.70. The summed E-state index contributed by atoms with van der Waals surface area (Å²) in [7, 11) is 1.90. The molecule has 5 nitrogen and oxygen atoms in total. The van der Waals surface area contributed by atoms with E-state index in [-0.39, 0.29) is 6.54 Å². The molecule has 106 valence electrons. The van der Waals surface area contributed by atoms with Crippen molar-refractivity contribution in [3.8, 4) is 0 Å². The molecule has 1 aromatic heterocycles. The van der Waals surface area contributed by atoms with E-state index in [9.17, 15) is 13.2 Å². The highest BCUT2D eigenvalue weighted by molar-refractivity contribution is 5.42. The Morgan fingerprint density at radius 1 is 1.37 bits per heavy atom. The van der Waals surface area contributed by atoms with Crippen LogP contribution in [0.5, 0.6) is 0 Å². The molecule has 0 amide bonds. The number of anilines is 1. The minimum Gasteiger partial charge on any atom is -0.353 e. The van der Waals surface area contributed by atoms with Crippen molar-refractivity contribution in [2.75, 3.05) is 31.6 Å². The lowest BCUT2D eigenvalue weighted by molar-refractivity contribution is -0.125. The van der Waals surface area contributed by atoms with E-state index in [0.29, 0.717) is 11.7 Å². The van der Waals surface area contributed by atoms with Crippen LogP contribution < -0.4 is 15.5 Å². The fraction of sp³-hybridized carbons (Fsp3) is 0.636. The van der Waals surface area contributed by atoms with Crippen molar-refractivity contribution >= 4 is 5.82 Å². The number of likely N-dealkylation sites (N-methyl/N-ethyl adjacent to an activating group) is 1. The Kier molecular flexibility index (Phi) is 4.20. The fourth-order valence-corrected chi connectivity index (χ4v) is 1.84. The Hall–Kier alpha value is -1.41. The highest BCUT2D eigenvalue weighted by atomic mass is 19.4. The molecule has 0 spiro atoms. The van der Waals surface area contributed by atoms with E-state index in [4.69, 9.17) is 0 Å². The van der Waals surface area contributed by atoms with Crippen LogP contribution in [0.2, 0.25) is 0 Å². The molecule has 1 fully saturated rings. The van der Waals surface area contributed by atoms with E-state index in [2.05, 4.69) is 25.5 Å². The van der Waals surface area contributed by atoms with Crippen molar-refractivity contribution in [2.24, 2.45) is 0 Å². The van der Waals surface area contributed by atoms with Crippen LogP contribution in [0.25, 0.3) is 0 Å². The van der Waals surface area contributed by atoms with Crippen LogP contribution >= 0.6 is 0 Å². The van der Waals surface area contributed by atoms with Crippen molar-refractivity contribution in [3.05, 3.63) is 18.1 Å². The standard InChI is InChI=1S/C11H16F3N5/c1-15-9-4-19(5-9)10-2-8(17-7-18-10)3-16-6-11(12,13)14/h2,7,9,15-16H,3-6H2,1H3. The Labute approximate surface area is 109 Å². The molecular formula is C11H16F3N5. The molecule has 0 bridgehead atoms. The minimum atomic E-state index is -4.20. The maximum absolute atomic E-state index is 12.0. The number of aromatic nitrogens is 2. The van der Waals surface area contributed by atoms with Gasteiger partial charge in [-0.1, -0.05) is 0 Å². The fourth-order valence-electron chi connectivity index (χ4n) is 1.84. The molecule has 19 heavy (non-hydrogen) atoms. The van der Waals surface area contributed by atoms with Gasteiger partial charge < -0.3 is 15.5 Å². The molecule has 0 aromatic carbocycles. The molecule has 1 aliphatic rings. The number of nitrogens with one attached hydrogen (secondary N) is 2. The van der Waals surface area contributed by atoms with Crippen molar-refractivity contribution < 1.29 is 13.2 Å². The lowest BCUT2D eigenvalue weighted by atomic mass is 10.1. The summed E-state index contributed by atoms with van der Waals surface area (Å²) in [4.78, 5) is 10.1. The lowest BCUT2D eigenvalue weighted by Gasteiger charge is -2.39. The van der Waals surface area contributed by atoms with Crippen LogP contribution in [0.3, 0.4) is 0 Å². The van der Waals surface area contributed by atoms with E-state index in [0.717, 1.165) is 18.9 Å². The van der Waals surface area contributed by atoms with Crippen LogP contribution in [0.4, 0.5) is 19.0 Å². The normalized spacial score (nSPS) is 16.5. The third-order valence-corrected chi connectivity index (χ3v) is 2.95. The molecule has 0 radical (unpaired) electrons. The lowest BCUT2D eigenvalue weighted by Crippen LogP contribution is -2.57. The number of halogens is 3. The predicted octanol–water partition coefficient (Wildman–Crippen LogP) is 0.536. The summed E-state index contributed by atoms with van der Waals surface area (Å²) >= 11 is 0. The maximum atomic E-state index is 12.0. The molecule has 1 saturated heterocycles. The first-order valence-corrected chi connectivity index (χ1v) is 5.98. The summed E-state index contributed by atoms with van der Waals surface area (Å²) in [5.74, 6) is 0.755. The van der Waals surface area contributed by atoms with Crippen LogP contribution in [-0.4, -0.2) is 48.9 Å². The molecule has 8 heteroatoms. The van der Waals surface area contributed by atoms with Crippen molar-refractivity contribution in [3.63, 3.8) is 0 Å². The van der Waals surface area contributed by atoms with Gasteiger partial charge in [-0.3, -0.25) is 0 Å². The van der Waals surface area contributed by atoms with Gasteiger partial charge in [0.25, 0.3) is 0 Å². The monoisotopic (exact) mass is 275 g/mol. The molecule has 0 aliphatic carbocycles. The van der Waals surface area contributed by atoms with E-state index in [1.165, 1.54) is 6.33 Å².